The highest BCUT2D eigenvalue weighted by Crippen LogP contribution is 2.33. The van der Waals surface area contributed by atoms with Gasteiger partial charge in [-0.3, -0.25) is 0 Å². The van der Waals surface area contributed by atoms with E-state index in [9.17, 15) is 21.4 Å². The predicted molar refractivity (Wildman–Crippen MR) is 186 cm³/mol. The number of hydrogen-bond acceptors (Lipinski definition) is 6. The van der Waals surface area contributed by atoms with Gasteiger partial charge in [0.1, 0.15) is 21.5 Å². The predicted octanol–water partition coefficient (Wildman–Crippen LogP) is 7.85. The van der Waals surface area contributed by atoms with Crippen molar-refractivity contribution in [2.45, 2.75) is 90.2 Å². The van der Waals surface area contributed by atoms with Gasteiger partial charge in [-0.15, -0.1) is 0 Å². The van der Waals surface area contributed by atoms with E-state index in [0.717, 1.165) is 30.6 Å². The molecule has 0 spiro atoms. The lowest BCUT2D eigenvalue weighted by molar-refractivity contribution is 0.00743. The molecule has 5 rings (SSSR count). The molecular formula is C36H42N2O6S3. The second kappa shape index (κ2) is 17.4. The molecule has 8 nitrogen and oxygen atoms in total. The van der Waals surface area contributed by atoms with Gasteiger partial charge in [-0.1, -0.05) is 79.4 Å². The average Bonchev–Trinajstić information content (AvgIpc) is 3.03. The Morgan fingerprint density at radius 1 is 0.766 bits per heavy atom. The Hall–Kier alpha value is -3.73. The number of hydrogen-bond donors (Lipinski definition) is 0. The van der Waals surface area contributed by atoms with Gasteiger partial charge >= 0.3 is 5.55 Å². The van der Waals surface area contributed by atoms with Crippen LogP contribution in [0.4, 0.5) is 0 Å². The van der Waals surface area contributed by atoms with E-state index in [4.69, 9.17) is 10.3 Å². The Balaban J connectivity index is 0.000000218. The monoisotopic (exact) mass is 694 g/mol. The first-order valence-electron chi connectivity index (χ1n) is 15.3. The third-order valence-electron chi connectivity index (χ3n) is 6.94. The maximum absolute atomic E-state index is 11.3. The smallest absolute Gasteiger partial charge is 0.370 e. The van der Waals surface area contributed by atoms with Crippen LogP contribution in [0.1, 0.15) is 58.4 Å². The fourth-order valence-electron chi connectivity index (χ4n) is 4.79. The molecule has 250 valence electrons. The summed E-state index contributed by atoms with van der Waals surface area (Å²) < 4.78 is 59.8. The molecule has 0 atom stereocenters. The van der Waals surface area contributed by atoms with Crippen molar-refractivity contribution in [2.24, 2.45) is 0 Å². The van der Waals surface area contributed by atoms with Gasteiger partial charge in [-0.05, 0) is 89.1 Å². The molecule has 4 aromatic rings. The Morgan fingerprint density at radius 2 is 1.28 bits per heavy atom. The summed E-state index contributed by atoms with van der Waals surface area (Å²) >= 11 is 0. The topological polar surface area (TPSA) is 137 Å². The van der Waals surface area contributed by atoms with E-state index in [1.54, 1.807) is 12.1 Å². The van der Waals surface area contributed by atoms with E-state index >= 15 is 0 Å². The molecule has 11 heteroatoms. The lowest BCUT2D eigenvalue weighted by Crippen LogP contribution is -2.24. The third-order valence-corrected chi connectivity index (χ3v) is 11.8. The molecule has 1 aliphatic rings. The first-order valence-corrected chi connectivity index (χ1v) is 19.5. The number of sulfone groups is 1. The summed E-state index contributed by atoms with van der Waals surface area (Å²) in [5.74, 6) is 0.921. The lowest BCUT2D eigenvalue weighted by atomic mass is 10.0. The summed E-state index contributed by atoms with van der Waals surface area (Å²) in [6, 6.07) is 35.6. The highest BCUT2D eigenvalue weighted by Gasteiger charge is 2.30. The van der Waals surface area contributed by atoms with Crippen LogP contribution in [0.15, 0.2) is 129 Å². The van der Waals surface area contributed by atoms with Crippen molar-refractivity contribution in [1.29, 1.82) is 0 Å². The highest BCUT2D eigenvalue weighted by atomic mass is 32.2. The van der Waals surface area contributed by atoms with Gasteiger partial charge in [0, 0.05) is 6.07 Å². The average molecular weight is 695 g/mol. The van der Waals surface area contributed by atoms with E-state index in [2.05, 4.69) is 104 Å². The summed E-state index contributed by atoms with van der Waals surface area (Å²) in [6.45, 7) is 8.05. The molecule has 0 saturated heterocycles. The molecule has 1 saturated carbocycles. The summed E-state index contributed by atoms with van der Waals surface area (Å²) in [6.07, 6.45) is 4.44. The van der Waals surface area contributed by atoms with Gasteiger partial charge in [0.05, 0.1) is 21.0 Å². The number of nitrogens with zero attached hydrogens (tertiary/aromatic N) is 2. The number of aryl methyl sites for hydroxylation is 1. The molecule has 1 fully saturated rings. The van der Waals surface area contributed by atoms with Crippen LogP contribution in [0.2, 0.25) is 0 Å². The number of rotatable bonds is 7. The Bertz CT molecular complexity index is 1770. The maximum Gasteiger partial charge on any atom is 0.370 e. The van der Waals surface area contributed by atoms with Crippen molar-refractivity contribution < 1.29 is 30.9 Å². The van der Waals surface area contributed by atoms with Gasteiger partial charge < -0.3 is 14.8 Å². The van der Waals surface area contributed by atoms with Crippen LogP contribution in [0.25, 0.3) is 5.53 Å². The molecule has 0 radical (unpaired) electrons. The Morgan fingerprint density at radius 3 is 1.74 bits per heavy atom. The standard InChI is InChI=1S/C22H23OS.C7H12N2O2S.C7H8O3S/c1-22(2,3)23-18-11-10-16-21(17-18)24(19-12-6-4-7-13-19)20-14-8-5-9-15-20;8-9-6-12(10,11)7-4-2-1-3-5-7;1-6-2-4-7(5-3-6)11(8,9)10/h4-17H,1-3H3;6-7H,1-5H2;2-5H,1H3,(H,8,9,10)/q+1;;/p-1. The van der Waals surface area contributed by atoms with Crippen molar-refractivity contribution in [3.8, 4) is 5.75 Å². The molecule has 4 aromatic carbocycles. The molecule has 0 aromatic heterocycles. The fraction of sp³-hybridized carbons (Fsp3) is 0.306. The summed E-state index contributed by atoms with van der Waals surface area (Å²) in [5.41, 5.74) is 9.51. The molecule has 0 aliphatic heterocycles. The van der Waals surface area contributed by atoms with Gasteiger partial charge in [-0.25, -0.2) is 16.8 Å². The largest absolute Gasteiger partial charge is 0.744 e. The van der Waals surface area contributed by atoms with E-state index in [0.29, 0.717) is 18.4 Å². The lowest BCUT2D eigenvalue weighted by Gasteiger charge is -2.21. The SMILES string of the molecule is CC(C)(C)Oc1cccc([S+](c2ccccc2)c2ccccc2)c1.Cc1ccc(S(=O)(=O)[O-])cc1.[N-]=[N+]=CS(=O)(=O)C1CCCCC1. The zero-order valence-electron chi connectivity index (χ0n) is 27.2. The maximum atomic E-state index is 11.3. The molecule has 0 amide bonds. The first kappa shape index (κ1) is 37.7. The Labute approximate surface area is 282 Å². The van der Waals surface area contributed by atoms with E-state index in [1.165, 1.54) is 26.8 Å². The minimum Gasteiger partial charge on any atom is -0.744 e. The minimum atomic E-state index is -4.27. The van der Waals surface area contributed by atoms with Crippen molar-refractivity contribution in [3.05, 3.63) is 120 Å². The van der Waals surface area contributed by atoms with Crippen molar-refractivity contribution >= 4 is 36.4 Å². The van der Waals surface area contributed by atoms with E-state index in [-0.39, 0.29) is 26.6 Å². The van der Waals surface area contributed by atoms with Gasteiger partial charge in [-0.2, -0.15) is 4.79 Å². The quantitative estimate of drug-likeness (QED) is 0.0483. The molecular weight excluding hydrogens is 653 g/mol. The first-order chi connectivity index (χ1) is 22.2. The second-order valence-electron chi connectivity index (χ2n) is 12.0. The van der Waals surface area contributed by atoms with Crippen molar-refractivity contribution in [1.82, 2.24) is 0 Å². The van der Waals surface area contributed by atoms with Crippen LogP contribution in [0.5, 0.6) is 5.75 Å². The van der Waals surface area contributed by atoms with Crippen LogP contribution in [0.3, 0.4) is 0 Å². The van der Waals surface area contributed by atoms with Crippen molar-refractivity contribution in [3.63, 3.8) is 0 Å². The van der Waals surface area contributed by atoms with Crippen LogP contribution < -0.4 is 4.74 Å². The molecule has 0 bridgehead atoms. The zero-order valence-corrected chi connectivity index (χ0v) is 29.6. The number of ether oxygens (including phenoxy) is 1. The van der Waals surface area contributed by atoms with Crippen LogP contribution in [0, 0.1) is 6.92 Å². The summed E-state index contributed by atoms with van der Waals surface area (Å²) in [7, 11) is -7.68. The third kappa shape index (κ3) is 12.8. The van der Waals surface area contributed by atoms with E-state index < -0.39 is 20.0 Å². The molecule has 1 aliphatic carbocycles. The van der Waals surface area contributed by atoms with Crippen molar-refractivity contribution in [2.75, 3.05) is 0 Å². The van der Waals surface area contributed by atoms with Crippen LogP contribution in [-0.2, 0) is 30.9 Å². The Kier molecular flexibility index (Phi) is 14.0. The zero-order chi connectivity index (χ0) is 34.5. The highest BCUT2D eigenvalue weighted by molar-refractivity contribution is 8.04. The van der Waals surface area contributed by atoms with Gasteiger partial charge in [0.15, 0.2) is 14.7 Å². The number of benzene rings is 4. The molecule has 0 N–H and O–H groups in total. The second-order valence-corrected chi connectivity index (χ2v) is 17.4. The van der Waals surface area contributed by atoms with Crippen LogP contribution >= 0.6 is 0 Å². The normalized spacial score (nSPS) is 13.7. The van der Waals surface area contributed by atoms with E-state index in [1.807, 2.05) is 13.0 Å². The van der Waals surface area contributed by atoms with Gasteiger partial charge in [0.25, 0.3) is 0 Å². The molecule has 47 heavy (non-hydrogen) atoms. The molecule has 0 heterocycles. The summed E-state index contributed by atoms with van der Waals surface area (Å²) in [4.78, 5) is 6.30. The van der Waals surface area contributed by atoms with Crippen LogP contribution in [-0.4, -0.2) is 42.6 Å². The summed E-state index contributed by atoms with van der Waals surface area (Å²) in [5, 5.41) is -0.317. The molecule has 0 unspecified atom stereocenters. The van der Waals surface area contributed by atoms with Gasteiger partial charge in [0.2, 0.25) is 9.84 Å². The fourth-order valence-corrected chi connectivity index (χ4v) is 8.68. The minimum absolute atomic E-state index is 0.133.